The first-order valence-electron chi connectivity index (χ1n) is 6.46. The van der Waals surface area contributed by atoms with Crippen LogP contribution in [0.4, 0.5) is 0 Å². The molecule has 0 unspecified atom stereocenters. The van der Waals surface area contributed by atoms with Crippen molar-refractivity contribution in [2.45, 2.75) is 40.0 Å². The lowest BCUT2D eigenvalue weighted by molar-refractivity contribution is -0.130. The number of hydrogen-bond donors (Lipinski definition) is 1. The van der Waals surface area contributed by atoms with Crippen molar-refractivity contribution in [1.82, 2.24) is 9.88 Å². The van der Waals surface area contributed by atoms with E-state index in [0.717, 1.165) is 37.3 Å². The summed E-state index contributed by atoms with van der Waals surface area (Å²) in [4.78, 5) is 29.3. The lowest BCUT2D eigenvalue weighted by atomic mass is 10.3. The summed E-state index contributed by atoms with van der Waals surface area (Å²) in [5, 5.41) is 9.55. The van der Waals surface area contributed by atoms with E-state index in [1.807, 2.05) is 18.7 Å². The molecule has 0 aliphatic heterocycles. The fraction of sp³-hybridized carbons (Fsp3) is 0.615. The molecule has 0 bridgehead atoms. The number of hydrogen-bond acceptors (Lipinski definition) is 4. The van der Waals surface area contributed by atoms with Crippen LogP contribution in [0.5, 0.6) is 0 Å². The molecule has 5 nitrogen and oxygen atoms in total. The molecule has 0 aromatic carbocycles. The van der Waals surface area contributed by atoms with Crippen molar-refractivity contribution in [2.75, 3.05) is 13.1 Å². The number of aryl methyl sites for hydroxylation is 1. The molecule has 1 N–H and O–H groups in total. The summed E-state index contributed by atoms with van der Waals surface area (Å²) in [5.41, 5.74) is 0.484. The summed E-state index contributed by atoms with van der Waals surface area (Å²) in [7, 11) is 0. The molecule has 1 heterocycles. The molecule has 0 saturated heterocycles. The van der Waals surface area contributed by atoms with Crippen LogP contribution in [-0.4, -0.2) is 40.0 Å². The van der Waals surface area contributed by atoms with Crippen molar-refractivity contribution in [1.29, 1.82) is 0 Å². The first-order valence-corrected chi connectivity index (χ1v) is 7.28. The molecule has 1 aromatic heterocycles. The number of thiazole rings is 1. The van der Waals surface area contributed by atoms with Crippen molar-refractivity contribution < 1.29 is 14.7 Å². The molecule has 0 saturated carbocycles. The number of amides is 1. The zero-order valence-corrected chi connectivity index (χ0v) is 12.4. The second-order valence-corrected chi connectivity index (χ2v) is 5.47. The lowest BCUT2D eigenvalue weighted by Crippen LogP contribution is -2.33. The van der Waals surface area contributed by atoms with Crippen molar-refractivity contribution in [3.63, 3.8) is 0 Å². The predicted octanol–water partition coefficient (Wildman–Crippen LogP) is 2.34. The summed E-state index contributed by atoms with van der Waals surface area (Å²) < 4.78 is 0. The topological polar surface area (TPSA) is 70.5 Å². The van der Waals surface area contributed by atoms with Crippen LogP contribution in [0.25, 0.3) is 0 Å². The average Bonchev–Trinajstić information content (AvgIpc) is 2.70. The van der Waals surface area contributed by atoms with Gasteiger partial charge in [-0.15, -0.1) is 11.3 Å². The van der Waals surface area contributed by atoms with Crippen LogP contribution in [0.3, 0.4) is 0 Å². The molecule has 6 heteroatoms. The fourth-order valence-electron chi connectivity index (χ4n) is 1.87. The van der Waals surface area contributed by atoms with E-state index in [-0.39, 0.29) is 17.2 Å². The van der Waals surface area contributed by atoms with Gasteiger partial charge in [0.05, 0.1) is 12.1 Å². The Morgan fingerprint density at radius 3 is 2.26 bits per heavy atom. The number of rotatable bonds is 7. The third kappa shape index (κ3) is 4.31. The van der Waals surface area contributed by atoms with Crippen LogP contribution < -0.4 is 0 Å². The van der Waals surface area contributed by atoms with Gasteiger partial charge in [0.2, 0.25) is 5.91 Å². The zero-order valence-electron chi connectivity index (χ0n) is 11.6. The van der Waals surface area contributed by atoms with Gasteiger partial charge in [-0.3, -0.25) is 4.79 Å². The molecule has 1 rings (SSSR count). The molecule has 1 aromatic rings. The van der Waals surface area contributed by atoms with Gasteiger partial charge in [0.1, 0.15) is 9.88 Å². The first-order chi connectivity index (χ1) is 8.99. The molecular weight excluding hydrogens is 264 g/mol. The monoisotopic (exact) mass is 284 g/mol. The molecule has 19 heavy (non-hydrogen) atoms. The van der Waals surface area contributed by atoms with Crippen LogP contribution in [0.15, 0.2) is 0 Å². The molecular formula is C13H20N2O3S. The van der Waals surface area contributed by atoms with Crippen molar-refractivity contribution in [3.05, 3.63) is 15.6 Å². The quantitative estimate of drug-likeness (QED) is 0.834. The second-order valence-electron chi connectivity index (χ2n) is 4.38. The normalized spacial score (nSPS) is 10.5. The predicted molar refractivity (Wildman–Crippen MR) is 74.7 cm³/mol. The number of carboxylic acids is 1. The molecule has 0 spiro atoms. The summed E-state index contributed by atoms with van der Waals surface area (Å²) in [6.07, 6.45) is 2.03. The largest absolute Gasteiger partial charge is 0.477 e. The summed E-state index contributed by atoms with van der Waals surface area (Å²) in [6, 6.07) is 0. The van der Waals surface area contributed by atoms with E-state index >= 15 is 0 Å². The number of nitrogens with zero attached hydrogens (tertiary/aromatic N) is 2. The van der Waals surface area contributed by atoms with Crippen LogP contribution in [0, 0.1) is 6.92 Å². The van der Waals surface area contributed by atoms with E-state index in [1.54, 1.807) is 6.92 Å². The Hall–Kier alpha value is -1.43. The van der Waals surface area contributed by atoms with Crippen molar-refractivity contribution in [2.24, 2.45) is 0 Å². The number of carbonyl (C=O) groups excluding carboxylic acids is 1. The highest BCUT2D eigenvalue weighted by Crippen LogP contribution is 2.19. The average molecular weight is 284 g/mol. The number of carboxylic acid groups (broad SMARTS) is 1. The number of aromatic carboxylic acids is 1. The molecule has 0 fully saturated rings. The number of carbonyl (C=O) groups is 2. The molecule has 0 aliphatic rings. The van der Waals surface area contributed by atoms with Gasteiger partial charge >= 0.3 is 5.97 Å². The van der Waals surface area contributed by atoms with Crippen molar-refractivity contribution in [3.8, 4) is 0 Å². The highest BCUT2D eigenvalue weighted by atomic mass is 32.1. The lowest BCUT2D eigenvalue weighted by Gasteiger charge is -2.20. The summed E-state index contributed by atoms with van der Waals surface area (Å²) in [6.45, 7) is 7.20. The summed E-state index contributed by atoms with van der Waals surface area (Å²) >= 11 is 1.09. The highest BCUT2D eigenvalue weighted by Gasteiger charge is 2.18. The molecule has 1 amide bonds. The zero-order chi connectivity index (χ0) is 14.4. The third-order valence-corrected chi connectivity index (χ3v) is 3.82. The Morgan fingerprint density at radius 2 is 1.84 bits per heavy atom. The smallest absolute Gasteiger partial charge is 0.347 e. The molecule has 0 radical (unpaired) electrons. The van der Waals surface area contributed by atoms with Gasteiger partial charge in [-0.1, -0.05) is 13.8 Å². The van der Waals surface area contributed by atoms with Gasteiger partial charge in [0.25, 0.3) is 0 Å². The van der Waals surface area contributed by atoms with Crippen LogP contribution in [-0.2, 0) is 11.2 Å². The van der Waals surface area contributed by atoms with E-state index in [0.29, 0.717) is 10.7 Å². The third-order valence-electron chi connectivity index (χ3n) is 2.68. The fourth-order valence-corrected chi connectivity index (χ4v) is 2.76. The van der Waals surface area contributed by atoms with Crippen LogP contribution >= 0.6 is 11.3 Å². The Labute approximate surface area is 117 Å². The van der Waals surface area contributed by atoms with Gasteiger partial charge in [-0.25, -0.2) is 9.78 Å². The maximum atomic E-state index is 12.1. The first kappa shape index (κ1) is 15.6. The molecule has 106 valence electrons. The standard InChI is InChI=1S/C13H20N2O3S/c1-4-6-15(7-5-2)11(16)8-10-14-9(3)12(19-10)13(17)18/h4-8H2,1-3H3,(H,17,18). The minimum absolute atomic E-state index is 0.0226. The molecule has 0 aliphatic carbocycles. The highest BCUT2D eigenvalue weighted by molar-refractivity contribution is 7.13. The SMILES string of the molecule is CCCN(CCC)C(=O)Cc1nc(C)c(C(=O)O)s1. The van der Waals surface area contributed by atoms with E-state index in [4.69, 9.17) is 5.11 Å². The van der Waals surface area contributed by atoms with E-state index in [2.05, 4.69) is 4.98 Å². The van der Waals surface area contributed by atoms with Crippen LogP contribution in [0.2, 0.25) is 0 Å². The number of aromatic nitrogens is 1. The maximum Gasteiger partial charge on any atom is 0.347 e. The van der Waals surface area contributed by atoms with E-state index in [9.17, 15) is 9.59 Å². The maximum absolute atomic E-state index is 12.1. The molecule has 0 atom stereocenters. The van der Waals surface area contributed by atoms with Gasteiger partial charge in [-0.2, -0.15) is 0 Å². The summed E-state index contributed by atoms with van der Waals surface area (Å²) in [5.74, 6) is -0.956. The van der Waals surface area contributed by atoms with Crippen LogP contribution in [0.1, 0.15) is 47.1 Å². The van der Waals surface area contributed by atoms with E-state index < -0.39 is 5.97 Å². The minimum Gasteiger partial charge on any atom is -0.477 e. The van der Waals surface area contributed by atoms with Crippen molar-refractivity contribution >= 4 is 23.2 Å². The Balaban J connectivity index is 2.74. The minimum atomic E-state index is -0.979. The van der Waals surface area contributed by atoms with Gasteiger partial charge in [0, 0.05) is 13.1 Å². The van der Waals surface area contributed by atoms with Gasteiger partial charge in [0.15, 0.2) is 0 Å². The van der Waals surface area contributed by atoms with Gasteiger partial charge in [-0.05, 0) is 19.8 Å². The Kier molecular flexibility index (Phi) is 5.95. The Bertz CT molecular complexity index is 451. The van der Waals surface area contributed by atoms with E-state index in [1.165, 1.54) is 0 Å². The second kappa shape index (κ2) is 7.23. The van der Waals surface area contributed by atoms with Gasteiger partial charge < -0.3 is 10.0 Å². The Morgan fingerprint density at radius 1 is 1.26 bits per heavy atom.